The largest absolute Gasteiger partial charge is 0.472 e. The predicted octanol–water partition coefficient (Wildman–Crippen LogP) is 8.43. The van der Waals surface area contributed by atoms with Crippen molar-refractivity contribution in [3.63, 3.8) is 0 Å². The van der Waals surface area contributed by atoms with Crippen LogP contribution >= 0.6 is 7.82 Å². The van der Waals surface area contributed by atoms with Gasteiger partial charge in [0.05, 0.1) is 25.4 Å². The number of phosphoric acid groups is 1. The highest BCUT2D eigenvalue weighted by Gasteiger charge is 2.26. The molecular formula is C34H65N2O6P. The lowest BCUT2D eigenvalue weighted by Gasteiger charge is -2.23. The van der Waals surface area contributed by atoms with Crippen LogP contribution in [0.15, 0.2) is 36.5 Å². The molecule has 0 radical (unpaired) electrons. The smallest absolute Gasteiger partial charge is 0.387 e. The Bertz CT molecular complexity index is 774. The van der Waals surface area contributed by atoms with Crippen LogP contribution in [-0.4, -0.2) is 47.8 Å². The van der Waals surface area contributed by atoms with Gasteiger partial charge in [0.1, 0.15) is 0 Å². The summed E-state index contributed by atoms with van der Waals surface area (Å²) in [4.78, 5) is 22.5. The van der Waals surface area contributed by atoms with Crippen LogP contribution in [0.4, 0.5) is 0 Å². The lowest BCUT2D eigenvalue weighted by atomic mass is 10.0. The van der Waals surface area contributed by atoms with Crippen molar-refractivity contribution in [2.45, 2.75) is 154 Å². The Morgan fingerprint density at radius 1 is 0.744 bits per heavy atom. The van der Waals surface area contributed by atoms with Crippen molar-refractivity contribution in [3.05, 3.63) is 36.5 Å². The Labute approximate surface area is 263 Å². The number of hydrogen-bond donors (Lipinski definition) is 4. The number of nitrogens with two attached hydrogens (primary N) is 1. The van der Waals surface area contributed by atoms with E-state index >= 15 is 0 Å². The maximum absolute atomic E-state index is 12.6. The Morgan fingerprint density at radius 3 is 1.79 bits per heavy atom. The molecule has 1 amide bonds. The van der Waals surface area contributed by atoms with E-state index in [9.17, 15) is 19.4 Å². The molecule has 9 heteroatoms. The van der Waals surface area contributed by atoms with Crippen molar-refractivity contribution >= 4 is 13.7 Å². The fourth-order valence-corrected chi connectivity index (χ4v) is 5.33. The number of rotatable bonds is 31. The van der Waals surface area contributed by atoms with E-state index in [1.54, 1.807) is 6.08 Å². The van der Waals surface area contributed by atoms with Crippen molar-refractivity contribution in [1.29, 1.82) is 0 Å². The van der Waals surface area contributed by atoms with Crippen molar-refractivity contribution in [1.82, 2.24) is 5.32 Å². The van der Waals surface area contributed by atoms with Crippen LogP contribution in [0, 0.1) is 0 Å². The molecule has 252 valence electrons. The van der Waals surface area contributed by atoms with Crippen LogP contribution in [0.3, 0.4) is 0 Å². The number of phosphoric ester groups is 1. The van der Waals surface area contributed by atoms with Crippen LogP contribution in [0.25, 0.3) is 0 Å². The van der Waals surface area contributed by atoms with Crippen LogP contribution in [0.5, 0.6) is 0 Å². The number of carbonyl (C=O) groups excluding carboxylic acids is 1. The Balaban J connectivity index is 4.48. The Morgan fingerprint density at radius 2 is 1.23 bits per heavy atom. The number of aliphatic hydroxyl groups excluding tert-OH is 1. The van der Waals surface area contributed by atoms with Gasteiger partial charge in [0.15, 0.2) is 0 Å². The highest BCUT2D eigenvalue weighted by molar-refractivity contribution is 7.47. The molecule has 0 saturated carbocycles. The van der Waals surface area contributed by atoms with E-state index in [2.05, 4.69) is 43.5 Å². The van der Waals surface area contributed by atoms with Crippen LogP contribution in [0.1, 0.15) is 142 Å². The molecule has 5 N–H and O–H groups in total. The van der Waals surface area contributed by atoms with E-state index in [1.165, 1.54) is 70.6 Å². The molecule has 0 aromatic carbocycles. The average molecular weight is 629 g/mol. The molecule has 0 aliphatic rings. The first-order valence-corrected chi connectivity index (χ1v) is 18.6. The first-order valence-electron chi connectivity index (χ1n) is 17.1. The van der Waals surface area contributed by atoms with E-state index in [-0.39, 0.29) is 25.7 Å². The topological polar surface area (TPSA) is 131 Å². The number of carbonyl (C=O) groups is 1. The van der Waals surface area contributed by atoms with E-state index < -0.39 is 20.0 Å². The molecule has 0 aliphatic carbocycles. The monoisotopic (exact) mass is 628 g/mol. The number of aliphatic hydroxyl groups is 1. The van der Waals surface area contributed by atoms with E-state index in [4.69, 9.17) is 14.8 Å². The van der Waals surface area contributed by atoms with Crippen molar-refractivity contribution < 1.29 is 28.4 Å². The van der Waals surface area contributed by atoms with Gasteiger partial charge in [0.2, 0.25) is 5.91 Å². The molecular weight excluding hydrogens is 563 g/mol. The normalized spacial score (nSPS) is 15.0. The molecule has 0 saturated heterocycles. The maximum atomic E-state index is 12.6. The fraction of sp³-hybridized carbons (Fsp3) is 0.794. The lowest BCUT2D eigenvalue weighted by molar-refractivity contribution is -0.123. The summed E-state index contributed by atoms with van der Waals surface area (Å²) in [5.74, 6) is -0.213. The minimum atomic E-state index is -4.33. The maximum Gasteiger partial charge on any atom is 0.472 e. The molecule has 0 spiro atoms. The summed E-state index contributed by atoms with van der Waals surface area (Å²) in [6.07, 6.45) is 33.3. The number of nitrogens with one attached hydrogen (secondary N) is 1. The summed E-state index contributed by atoms with van der Waals surface area (Å²) in [6.45, 7) is 4.03. The SMILES string of the molecule is CCCCC/C=C/CC/C=C/CC/C=C/C(O)C(COP(=O)(O)OCCN)NC(=O)CCCCCCCCCCCCC. The minimum absolute atomic E-state index is 0.0720. The predicted molar refractivity (Wildman–Crippen MR) is 180 cm³/mol. The molecule has 0 aliphatic heterocycles. The van der Waals surface area contributed by atoms with Crippen LogP contribution < -0.4 is 11.1 Å². The van der Waals surface area contributed by atoms with Gasteiger partial charge >= 0.3 is 7.82 Å². The van der Waals surface area contributed by atoms with Gasteiger partial charge < -0.3 is 21.1 Å². The molecule has 0 rings (SSSR count). The third kappa shape index (κ3) is 29.2. The number of amides is 1. The van der Waals surface area contributed by atoms with Gasteiger partial charge in [-0.1, -0.05) is 127 Å². The zero-order chi connectivity index (χ0) is 31.9. The zero-order valence-electron chi connectivity index (χ0n) is 27.4. The van der Waals surface area contributed by atoms with Crippen LogP contribution in [0.2, 0.25) is 0 Å². The van der Waals surface area contributed by atoms with Gasteiger partial charge in [-0.3, -0.25) is 13.8 Å². The van der Waals surface area contributed by atoms with E-state index in [0.29, 0.717) is 6.42 Å². The van der Waals surface area contributed by atoms with E-state index in [0.717, 1.165) is 51.4 Å². The second-order valence-corrected chi connectivity index (χ2v) is 12.8. The van der Waals surface area contributed by atoms with Gasteiger partial charge in [0.25, 0.3) is 0 Å². The van der Waals surface area contributed by atoms with E-state index in [1.807, 2.05) is 6.08 Å². The number of unbranched alkanes of at least 4 members (excludes halogenated alkanes) is 15. The standard InChI is InChI=1S/C34H65N2O6P/c1-3-5-7-9-11-13-15-16-18-19-21-23-25-27-33(37)32(31-42-43(39,40)41-30-29-35)36-34(38)28-26-24-22-20-17-14-12-10-8-6-4-2/h11,13,18-19,25,27,32-33,37H,3-10,12,14-17,20-24,26,28-31,35H2,1-2H3,(H,36,38)(H,39,40)/b13-11+,19-18+,27-25+. The summed E-state index contributed by atoms with van der Waals surface area (Å²) < 4.78 is 21.9. The zero-order valence-corrected chi connectivity index (χ0v) is 28.3. The molecule has 0 fully saturated rings. The highest BCUT2D eigenvalue weighted by atomic mass is 31.2. The van der Waals surface area contributed by atoms with Crippen molar-refractivity contribution in [3.8, 4) is 0 Å². The van der Waals surface area contributed by atoms with Gasteiger partial charge in [0, 0.05) is 13.0 Å². The first kappa shape index (κ1) is 41.7. The molecule has 0 aromatic rings. The van der Waals surface area contributed by atoms with Gasteiger partial charge in [-0.25, -0.2) is 4.57 Å². The molecule has 8 nitrogen and oxygen atoms in total. The molecule has 0 bridgehead atoms. The Hall–Kier alpha value is -1.28. The second-order valence-electron chi connectivity index (χ2n) is 11.4. The quantitative estimate of drug-likeness (QED) is 0.0344. The summed E-state index contributed by atoms with van der Waals surface area (Å²) in [6, 6.07) is -0.877. The second kappa shape index (κ2) is 30.7. The fourth-order valence-electron chi connectivity index (χ4n) is 4.57. The summed E-state index contributed by atoms with van der Waals surface area (Å²) in [7, 11) is -4.33. The summed E-state index contributed by atoms with van der Waals surface area (Å²) in [5.41, 5.74) is 5.33. The molecule has 3 atom stereocenters. The van der Waals surface area contributed by atoms with Gasteiger partial charge in [-0.2, -0.15) is 0 Å². The molecule has 43 heavy (non-hydrogen) atoms. The third-order valence-electron chi connectivity index (χ3n) is 7.20. The number of allylic oxidation sites excluding steroid dienone is 5. The van der Waals surface area contributed by atoms with Gasteiger partial charge in [-0.05, 0) is 44.9 Å². The first-order chi connectivity index (χ1) is 20.9. The third-order valence-corrected chi connectivity index (χ3v) is 8.18. The molecule has 0 heterocycles. The lowest BCUT2D eigenvalue weighted by Crippen LogP contribution is -2.45. The Kier molecular flexibility index (Phi) is 29.8. The van der Waals surface area contributed by atoms with Crippen molar-refractivity contribution in [2.75, 3.05) is 19.8 Å². The minimum Gasteiger partial charge on any atom is -0.387 e. The molecule has 0 aromatic heterocycles. The number of hydrogen-bond acceptors (Lipinski definition) is 6. The highest BCUT2D eigenvalue weighted by Crippen LogP contribution is 2.43. The summed E-state index contributed by atoms with van der Waals surface area (Å²) >= 11 is 0. The van der Waals surface area contributed by atoms with Crippen LogP contribution in [-0.2, 0) is 18.4 Å². The molecule has 3 unspecified atom stereocenters. The average Bonchev–Trinajstić information content (AvgIpc) is 2.99. The summed E-state index contributed by atoms with van der Waals surface area (Å²) in [5, 5.41) is 13.5. The van der Waals surface area contributed by atoms with Crippen molar-refractivity contribution in [2.24, 2.45) is 5.73 Å². The van der Waals surface area contributed by atoms with Gasteiger partial charge in [-0.15, -0.1) is 0 Å².